The average Bonchev–Trinajstić information content (AvgIpc) is 3.14. The molecule has 8 heteroatoms. The Morgan fingerprint density at radius 2 is 1.85 bits per heavy atom. The zero-order valence-corrected chi connectivity index (χ0v) is 15.0. The molecule has 4 rings (SSSR count). The lowest BCUT2D eigenvalue weighted by Crippen LogP contribution is -2.29. The van der Waals surface area contributed by atoms with Crippen LogP contribution in [0.3, 0.4) is 0 Å². The van der Waals surface area contributed by atoms with Crippen LogP contribution in [0.1, 0.15) is 38.4 Å². The minimum atomic E-state index is 0.285. The third kappa shape index (κ3) is 3.78. The van der Waals surface area contributed by atoms with Gasteiger partial charge in [-0.05, 0) is 25.9 Å². The molecule has 0 saturated carbocycles. The van der Waals surface area contributed by atoms with Crippen LogP contribution in [0.5, 0.6) is 0 Å². The predicted octanol–water partition coefficient (Wildman–Crippen LogP) is 2.79. The van der Waals surface area contributed by atoms with Gasteiger partial charge < -0.3 is 15.2 Å². The van der Waals surface area contributed by atoms with E-state index in [1.165, 1.54) is 12.4 Å². The van der Waals surface area contributed by atoms with Crippen molar-refractivity contribution in [2.24, 2.45) is 0 Å². The molecule has 0 unspecified atom stereocenters. The van der Waals surface area contributed by atoms with Crippen LogP contribution < -0.4 is 10.6 Å². The number of nitrogens with zero attached hydrogens (tertiary/aromatic N) is 6. The Bertz CT molecular complexity index is 888. The molecule has 0 radical (unpaired) electrons. The molecule has 0 amide bonds. The van der Waals surface area contributed by atoms with Crippen molar-refractivity contribution in [1.82, 2.24) is 29.8 Å². The molecule has 3 aromatic rings. The Morgan fingerprint density at radius 3 is 2.54 bits per heavy atom. The molecule has 0 aliphatic carbocycles. The summed E-state index contributed by atoms with van der Waals surface area (Å²) in [5.74, 6) is 1.23. The normalized spacial score (nSPS) is 14.3. The van der Waals surface area contributed by atoms with Gasteiger partial charge in [-0.1, -0.05) is 13.8 Å². The second-order valence-electron chi connectivity index (χ2n) is 5.71. The van der Waals surface area contributed by atoms with E-state index >= 15 is 0 Å². The van der Waals surface area contributed by atoms with Gasteiger partial charge in [0.15, 0.2) is 5.69 Å². The van der Waals surface area contributed by atoms with Crippen LogP contribution >= 0.6 is 0 Å². The highest BCUT2D eigenvalue weighted by Crippen LogP contribution is 2.25. The number of nitriles is 1. The Morgan fingerprint density at radius 1 is 1.08 bits per heavy atom. The van der Waals surface area contributed by atoms with Crippen LogP contribution in [0.4, 0.5) is 11.6 Å². The summed E-state index contributed by atoms with van der Waals surface area (Å²) in [6.45, 7) is 6.06. The fraction of sp³-hybridized carbons (Fsp3) is 0.389. The van der Waals surface area contributed by atoms with Gasteiger partial charge >= 0.3 is 0 Å². The standard InChI is InChI=1S/C16H16N8.C2H6/c17-6-11-7-20-16(9-19-11)23-15-5-14-13(8-21-15)22-10-24(14)12-1-3-18-4-2-12;1-2/h5,7-10,12,18H,1-4H2,(H,20,21,23);1-2H3. The summed E-state index contributed by atoms with van der Waals surface area (Å²) in [5, 5.41) is 15.3. The second kappa shape index (κ2) is 8.36. The first-order valence-corrected chi connectivity index (χ1v) is 8.86. The number of pyridine rings is 1. The van der Waals surface area contributed by atoms with Crippen molar-refractivity contribution >= 4 is 22.7 Å². The summed E-state index contributed by atoms with van der Waals surface area (Å²) in [4.78, 5) is 17.0. The highest BCUT2D eigenvalue weighted by atomic mass is 15.1. The third-order valence-electron chi connectivity index (χ3n) is 4.19. The van der Waals surface area contributed by atoms with Crippen molar-refractivity contribution < 1.29 is 0 Å². The lowest BCUT2D eigenvalue weighted by molar-refractivity contribution is 0.374. The molecule has 8 nitrogen and oxygen atoms in total. The summed E-state index contributed by atoms with van der Waals surface area (Å²) in [7, 11) is 0. The highest BCUT2D eigenvalue weighted by Gasteiger charge is 2.17. The smallest absolute Gasteiger partial charge is 0.158 e. The van der Waals surface area contributed by atoms with E-state index in [1.54, 1.807) is 6.20 Å². The van der Waals surface area contributed by atoms with Crippen molar-refractivity contribution in [3.8, 4) is 6.07 Å². The molecular formula is C18H22N8. The molecule has 0 bridgehead atoms. The molecular weight excluding hydrogens is 328 g/mol. The molecule has 0 aromatic carbocycles. The number of piperidine rings is 1. The van der Waals surface area contributed by atoms with Crippen molar-refractivity contribution in [3.05, 3.63) is 36.7 Å². The molecule has 3 aromatic heterocycles. The number of imidazole rings is 1. The summed E-state index contributed by atoms with van der Waals surface area (Å²) in [5.41, 5.74) is 2.22. The van der Waals surface area contributed by atoms with E-state index < -0.39 is 0 Å². The Balaban J connectivity index is 0.000000948. The van der Waals surface area contributed by atoms with Crippen LogP contribution in [0.15, 0.2) is 31.0 Å². The van der Waals surface area contributed by atoms with Gasteiger partial charge in [-0.25, -0.2) is 19.9 Å². The maximum Gasteiger partial charge on any atom is 0.158 e. The molecule has 134 valence electrons. The average molecular weight is 350 g/mol. The van der Waals surface area contributed by atoms with Gasteiger partial charge in [0.05, 0.1) is 30.4 Å². The fourth-order valence-electron chi connectivity index (χ4n) is 2.96. The number of fused-ring (bicyclic) bond motifs is 1. The molecule has 0 spiro atoms. The van der Waals surface area contributed by atoms with E-state index in [0.717, 1.165) is 37.0 Å². The zero-order chi connectivity index (χ0) is 18.4. The monoisotopic (exact) mass is 350 g/mol. The second-order valence-corrected chi connectivity index (χ2v) is 5.71. The Labute approximate surface area is 152 Å². The summed E-state index contributed by atoms with van der Waals surface area (Å²) < 4.78 is 2.23. The van der Waals surface area contributed by atoms with Crippen LogP contribution in [0, 0.1) is 11.3 Å². The number of nitrogens with one attached hydrogen (secondary N) is 2. The van der Waals surface area contributed by atoms with E-state index in [2.05, 4.69) is 35.1 Å². The maximum absolute atomic E-state index is 8.77. The number of rotatable bonds is 3. The maximum atomic E-state index is 8.77. The number of aromatic nitrogens is 5. The first-order valence-electron chi connectivity index (χ1n) is 8.86. The van der Waals surface area contributed by atoms with Gasteiger partial charge in [0.1, 0.15) is 23.2 Å². The first-order chi connectivity index (χ1) is 12.8. The van der Waals surface area contributed by atoms with Gasteiger partial charge in [0.25, 0.3) is 0 Å². The largest absolute Gasteiger partial charge is 0.327 e. The number of hydrogen-bond donors (Lipinski definition) is 2. The van der Waals surface area contributed by atoms with E-state index in [-0.39, 0.29) is 5.69 Å². The molecule has 1 aliphatic heterocycles. The lowest BCUT2D eigenvalue weighted by Gasteiger charge is -2.24. The van der Waals surface area contributed by atoms with Gasteiger partial charge in [0, 0.05) is 12.1 Å². The van der Waals surface area contributed by atoms with Crippen LogP contribution in [0.2, 0.25) is 0 Å². The fourth-order valence-corrected chi connectivity index (χ4v) is 2.96. The SMILES string of the molecule is CC.N#Cc1cnc(Nc2cc3c(cn2)ncn3C2CCNCC2)cn1. The molecule has 2 N–H and O–H groups in total. The van der Waals surface area contributed by atoms with Gasteiger partial charge in [0.2, 0.25) is 0 Å². The van der Waals surface area contributed by atoms with Crippen molar-refractivity contribution in [1.29, 1.82) is 5.26 Å². The van der Waals surface area contributed by atoms with Gasteiger partial charge in [-0.3, -0.25) is 0 Å². The zero-order valence-electron chi connectivity index (χ0n) is 15.0. The molecule has 26 heavy (non-hydrogen) atoms. The molecule has 1 fully saturated rings. The van der Waals surface area contributed by atoms with Crippen molar-refractivity contribution in [2.45, 2.75) is 32.7 Å². The van der Waals surface area contributed by atoms with Gasteiger partial charge in [-0.15, -0.1) is 0 Å². The summed E-state index contributed by atoms with van der Waals surface area (Å²) >= 11 is 0. The Hall–Kier alpha value is -3.05. The predicted molar refractivity (Wildman–Crippen MR) is 100 cm³/mol. The van der Waals surface area contributed by atoms with E-state index in [0.29, 0.717) is 17.7 Å². The van der Waals surface area contributed by atoms with E-state index in [4.69, 9.17) is 5.26 Å². The van der Waals surface area contributed by atoms with E-state index in [1.807, 2.05) is 32.3 Å². The molecule has 0 atom stereocenters. The number of hydrogen-bond acceptors (Lipinski definition) is 7. The number of anilines is 2. The quantitative estimate of drug-likeness (QED) is 0.748. The van der Waals surface area contributed by atoms with Crippen LogP contribution in [0.25, 0.3) is 11.0 Å². The van der Waals surface area contributed by atoms with E-state index in [9.17, 15) is 0 Å². The topological polar surface area (TPSA) is 104 Å². The van der Waals surface area contributed by atoms with Crippen LogP contribution in [-0.4, -0.2) is 37.6 Å². The lowest BCUT2D eigenvalue weighted by atomic mass is 10.1. The Kier molecular flexibility index (Phi) is 5.71. The van der Waals surface area contributed by atoms with Crippen molar-refractivity contribution in [2.75, 3.05) is 18.4 Å². The summed E-state index contributed by atoms with van der Waals surface area (Å²) in [6.07, 6.45) is 8.80. The third-order valence-corrected chi connectivity index (χ3v) is 4.19. The molecule has 1 aliphatic rings. The molecule has 4 heterocycles. The molecule has 1 saturated heterocycles. The van der Waals surface area contributed by atoms with Crippen LogP contribution in [-0.2, 0) is 0 Å². The minimum absolute atomic E-state index is 0.285. The first kappa shape index (κ1) is 17.8. The van der Waals surface area contributed by atoms with Gasteiger partial charge in [-0.2, -0.15) is 5.26 Å². The summed E-state index contributed by atoms with van der Waals surface area (Å²) in [6, 6.07) is 4.38. The highest BCUT2D eigenvalue weighted by molar-refractivity contribution is 5.78. The minimum Gasteiger partial charge on any atom is -0.327 e. The van der Waals surface area contributed by atoms with Crippen molar-refractivity contribution in [3.63, 3.8) is 0 Å².